The normalized spacial score (nSPS) is 40.0. The van der Waals surface area contributed by atoms with Gasteiger partial charge in [-0.05, 0) is 128 Å². The van der Waals surface area contributed by atoms with E-state index in [1.165, 1.54) is 14.0 Å². The lowest BCUT2D eigenvalue weighted by atomic mass is 9.80. The van der Waals surface area contributed by atoms with Crippen LogP contribution in [0.3, 0.4) is 0 Å². The summed E-state index contributed by atoms with van der Waals surface area (Å²) in [5.74, 6) is -3.76. The Bertz CT molecular complexity index is 2460. The summed E-state index contributed by atoms with van der Waals surface area (Å²) in [6, 6.07) is -1.25. The molecule has 0 amide bonds. The summed E-state index contributed by atoms with van der Waals surface area (Å²) in [6.45, 7) is 45.4. The Labute approximate surface area is 537 Å². The summed E-state index contributed by atoms with van der Waals surface area (Å²) in [5, 5.41) is 11.7. The highest BCUT2D eigenvalue weighted by Gasteiger charge is 2.57. The molecule has 0 aromatic heterocycles. The largest absolute Gasteiger partial charge is 0.462 e. The first-order chi connectivity index (χ1) is 41.5. The maximum atomic E-state index is 15.0. The molecule has 5 rings (SSSR count). The van der Waals surface area contributed by atoms with E-state index in [1.807, 2.05) is 47.6 Å². The number of hydrogen-bond donors (Lipinski definition) is 1. The zero-order chi connectivity index (χ0) is 69.3. The van der Waals surface area contributed by atoms with Gasteiger partial charge < -0.3 is 75.4 Å². The van der Waals surface area contributed by atoms with Crippen molar-refractivity contribution < 1.29 is 89.0 Å². The minimum absolute atomic E-state index is 0.0336. The molecular formula is C66H121NO18Si3. The van der Waals surface area contributed by atoms with Crippen molar-refractivity contribution in [2.75, 3.05) is 34.8 Å². The summed E-state index contributed by atoms with van der Waals surface area (Å²) in [5.41, 5.74) is -0.695. The molecule has 88 heavy (non-hydrogen) atoms. The number of esters is 2. The van der Waals surface area contributed by atoms with Gasteiger partial charge in [0.05, 0.1) is 67.4 Å². The summed E-state index contributed by atoms with van der Waals surface area (Å²) in [6.07, 6.45) is -7.91. The second-order valence-electron chi connectivity index (χ2n) is 30.9. The van der Waals surface area contributed by atoms with E-state index in [9.17, 15) is 19.5 Å². The van der Waals surface area contributed by atoms with Crippen molar-refractivity contribution in [2.45, 2.75) is 321 Å². The lowest BCUT2D eigenvalue weighted by Crippen LogP contribution is -2.66. The van der Waals surface area contributed by atoms with Crippen LogP contribution >= 0.6 is 0 Å². The molecule has 510 valence electrons. The van der Waals surface area contributed by atoms with E-state index < -0.39 is 178 Å². The quantitative estimate of drug-likeness (QED) is 0.100. The Morgan fingerprint density at radius 3 is 1.84 bits per heavy atom. The van der Waals surface area contributed by atoms with Gasteiger partial charge in [-0.1, -0.05) is 101 Å². The topological polar surface area (TPSA) is 204 Å². The number of cyclic esters (lactones) is 1. The molecule has 0 aromatic rings. The number of rotatable bonds is 18. The van der Waals surface area contributed by atoms with Crippen molar-refractivity contribution in [1.82, 2.24) is 4.90 Å². The van der Waals surface area contributed by atoms with Crippen LogP contribution < -0.4 is 0 Å². The van der Waals surface area contributed by atoms with Crippen LogP contribution in [-0.2, 0) is 79.8 Å². The Kier molecular flexibility index (Phi) is 24.8. The molecule has 0 aromatic carbocycles. The highest BCUT2D eigenvalue weighted by Crippen LogP contribution is 2.47. The number of ether oxygens (including phenoxy) is 11. The third kappa shape index (κ3) is 19.0. The third-order valence-corrected chi connectivity index (χ3v) is 34.0. The minimum atomic E-state index is -2.77. The number of carbonyl (C=O) groups is 3. The maximum absolute atomic E-state index is 15.0. The number of ketones is 1. The third-order valence-electron chi connectivity index (χ3n) is 20.6. The Morgan fingerprint density at radius 2 is 1.30 bits per heavy atom. The standard InChI is InChI=1S/C66H121NO18Si3/c1-29-48-46(37-74-61-59(73-22)58(72-21)56(42(6)76-61)84-87(25,26)64(12,13)14)32-38(2)30-31-47(69)39(3)33-45-34-51(83-86(23,24)63(9,10)11)80-49(35-50(70)79-48)40(4)54(45)82-62-57(78-44(8)68)53(67(19)20)55(41(5)77-62)81-52-36-66(18,71)60(43(7)75-52)85-88(27,28)65(15,16)17/h30-32,39-43,45-46,48-49,51-62,71H,29,33-37H2,1-28H3/b31-30+,38-32+/t39-,40-,41-,42-,43+,45?,46-,48-,49+,51-,52+,53+,54+,55-,56-,57-,58-,59-,60+,61-,62+,66-/m1/s1/i19D3. The Morgan fingerprint density at radius 1 is 0.727 bits per heavy atom. The molecule has 5 aliphatic heterocycles. The van der Waals surface area contributed by atoms with Crippen LogP contribution in [0.25, 0.3) is 0 Å². The van der Waals surface area contributed by atoms with Crippen molar-refractivity contribution in [2.24, 2.45) is 23.7 Å². The van der Waals surface area contributed by atoms with Gasteiger partial charge in [0.15, 0.2) is 55.7 Å². The molecule has 0 spiro atoms. The van der Waals surface area contributed by atoms with E-state index >= 15 is 0 Å². The lowest BCUT2D eigenvalue weighted by Gasteiger charge is -2.52. The first kappa shape index (κ1) is 72.0. The van der Waals surface area contributed by atoms with Crippen LogP contribution in [0.15, 0.2) is 23.8 Å². The molecule has 5 heterocycles. The molecule has 4 saturated heterocycles. The fourth-order valence-corrected chi connectivity index (χ4v) is 16.1. The van der Waals surface area contributed by atoms with E-state index in [1.54, 1.807) is 40.2 Å². The minimum Gasteiger partial charge on any atom is -0.462 e. The van der Waals surface area contributed by atoms with Gasteiger partial charge in [-0.25, -0.2) is 0 Å². The fraction of sp³-hybridized carbons (Fsp3) is 0.894. The second kappa shape index (κ2) is 30.3. The molecule has 4 fully saturated rings. The fourth-order valence-electron chi connectivity index (χ4n) is 12.1. The number of allylic oxidation sites excluding steroid dienone is 3. The van der Waals surface area contributed by atoms with Gasteiger partial charge >= 0.3 is 11.9 Å². The van der Waals surface area contributed by atoms with Crippen LogP contribution in [0, 0.1) is 23.7 Å². The predicted molar refractivity (Wildman–Crippen MR) is 347 cm³/mol. The molecule has 19 nitrogen and oxygen atoms in total. The van der Waals surface area contributed by atoms with E-state index in [0.29, 0.717) is 6.42 Å². The van der Waals surface area contributed by atoms with E-state index in [-0.39, 0.29) is 53.2 Å². The highest BCUT2D eigenvalue weighted by atomic mass is 28.4. The van der Waals surface area contributed by atoms with E-state index in [4.69, 9.17) is 69.5 Å². The molecule has 2 bridgehead atoms. The van der Waals surface area contributed by atoms with Crippen LogP contribution in [0.1, 0.15) is 161 Å². The molecule has 0 aliphatic carbocycles. The van der Waals surface area contributed by atoms with Crippen molar-refractivity contribution in [1.29, 1.82) is 0 Å². The number of nitrogens with zero attached hydrogens (tertiary/aromatic N) is 1. The smallest absolute Gasteiger partial charge is 0.308 e. The number of aliphatic hydroxyl groups is 1. The van der Waals surface area contributed by atoms with Gasteiger partial charge in [-0.3, -0.25) is 14.4 Å². The van der Waals surface area contributed by atoms with Crippen LogP contribution in [0.5, 0.6) is 0 Å². The van der Waals surface area contributed by atoms with Gasteiger partial charge in [0.25, 0.3) is 0 Å². The molecule has 1 N–H and O–H groups in total. The molecule has 0 radical (unpaired) electrons. The first-order valence-electron chi connectivity index (χ1n) is 33.9. The Balaban J connectivity index is 1.56. The molecule has 1 unspecified atom stereocenters. The summed E-state index contributed by atoms with van der Waals surface area (Å²) < 4.78 is 120. The van der Waals surface area contributed by atoms with Crippen LogP contribution in [0.2, 0.25) is 54.4 Å². The van der Waals surface area contributed by atoms with Gasteiger partial charge in [0, 0.05) is 55.9 Å². The first-order valence-corrected chi connectivity index (χ1v) is 41.1. The average Bonchev–Trinajstić information content (AvgIpc) is 1.12. The van der Waals surface area contributed by atoms with Gasteiger partial charge in [0.2, 0.25) is 0 Å². The molecule has 5 aliphatic rings. The van der Waals surface area contributed by atoms with Gasteiger partial charge in [-0.2, -0.15) is 0 Å². The highest BCUT2D eigenvalue weighted by molar-refractivity contribution is 6.75. The van der Waals surface area contributed by atoms with Gasteiger partial charge in [-0.15, -0.1) is 0 Å². The summed E-state index contributed by atoms with van der Waals surface area (Å²) >= 11 is 0. The van der Waals surface area contributed by atoms with E-state index in [2.05, 4.69) is 102 Å². The second-order valence-corrected chi connectivity index (χ2v) is 45.2. The number of methoxy groups -OCH3 is 2. The van der Waals surface area contributed by atoms with Crippen molar-refractivity contribution >= 4 is 42.7 Å². The van der Waals surface area contributed by atoms with E-state index in [0.717, 1.165) is 10.5 Å². The van der Waals surface area contributed by atoms with Gasteiger partial charge in [0.1, 0.15) is 30.7 Å². The number of hydrogen-bond acceptors (Lipinski definition) is 19. The van der Waals surface area contributed by atoms with Crippen LogP contribution in [-0.4, -0.2) is 198 Å². The predicted octanol–water partition coefficient (Wildman–Crippen LogP) is 11.7. The zero-order valence-electron chi connectivity index (χ0n) is 61.9. The molecule has 22 atom stereocenters. The number of likely N-dealkylation sites (N-methyl/N-ethyl adjacent to an activating group) is 1. The van der Waals surface area contributed by atoms with Crippen molar-refractivity contribution in [3.63, 3.8) is 0 Å². The lowest BCUT2D eigenvalue weighted by molar-refractivity contribution is -0.341. The molecule has 22 heteroatoms. The molecule has 0 saturated carbocycles. The Hall–Kier alpha value is -1.82. The monoisotopic (exact) mass is 1300 g/mol. The van der Waals surface area contributed by atoms with Crippen molar-refractivity contribution in [3.05, 3.63) is 23.8 Å². The SMILES string of the molecule is [2H]C([2H])([2H])N(C)[C@@H]1[C@@H](OC(C)=O)[C@H](O[C@@H]2C3C[C@@H](O[Si](C)(C)C(C)(C)C)O[C@@H](CC(=O)O[C@H](CC)[C@@H](CO[C@@H]4O[C@H](C)[C@@H](O[Si](C)(C)C(C)(C)C)[C@@H](OC)[C@H]4OC)/C=C(C)/C=C/C(=O)[C@H](C)C3)[C@H]2C)O[C@H](C)[C@H]1O[C@H]1C[C@@](C)(O)[C@@H](O[Si](C)(C)C(C)(C)C)[C@H](C)O1. The summed E-state index contributed by atoms with van der Waals surface area (Å²) in [4.78, 5) is 44.2. The van der Waals surface area contributed by atoms with Crippen molar-refractivity contribution in [3.8, 4) is 0 Å². The number of carbonyl (C=O) groups excluding carboxylic acids is 3. The maximum Gasteiger partial charge on any atom is 0.308 e. The number of fused-ring (bicyclic) bond motifs is 3. The zero-order valence-corrected chi connectivity index (χ0v) is 61.9. The van der Waals surface area contributed by atoms with Crippen LogP contribution in [0.4, 0.5) is 0 Å². The molecular weight excluding hydrogens is 1180 g/mol. The summed E-state index contributed by atoms with van der Waals surface area (Å²) in [7, 11) is -2.70. The average molecular weight is 1300 g/mol.